The van der Waals surface area contributed by atoms with Gasteiger partial charge in [-0.05, 0) is 0 Å². The number of nitrogens with zero attached hydrogens (tertiary/aromatic N) is 3. The Labute approximate surface area is 69.8 Å². The Morgan fingerprint density at radius 1 is 1.50 bits per heavy atom. The van der Waals surface area contributed by atoms with Crippen molar-refractivity contribution < 1.29 is 24.1 Å². The summed E-state index contributed by atoms with van der Waals surface area (Å²) >= 11 is 1.38. The van der Waals surface area contributed by atoms with E-state index in [4.69, 9.17) is 4.74 Å². The summed E-state index contributed by atoms with van der Waals surface area (Å²) in [4.78, 5) is 0. The van der Waals surface area contributed by atoms with Crippen molar-refractivity contribution in [3.8, 4) is 6.01 Å². The molecule has 0 aliphatic carbocycles. The van der Waals surface area contributed by atoms with Gasteiger partial charge in [0.25, 0.3) is 0 Å². The number of methoxy groups -OCH3 is 1. The maximum absolute atomic E-state index is 4.99. The summed E-state index contributed by atoms with van der Waals surface area (Å²) in [6.07, 6.45) is 0. The van der Waals surface area contributed by atoms with Crippen molar-refractivity contribution in [2.24, 2.45) is 14.1 Å². The fourth-order valence-electron chi connectivity index (χ4n) is 0.715. The normalized spacial score (nSPS) is 9.90. The van der Waals surface area contributed by atoms with Gasteiger partial charge in [-0.15, -0.1) is 0 Å². The molecule has 0 saturated heterocycles. The van der Waals surface area contributed by atoms with Gasteiger partial charge in [-0.2, -0.15) is 0 Å². The van der Waals surface area contributed by atoms with E-state index in [-0.39, 0.29) is 0 Å². The molecule has 0 radical (unpaired) electrons. The Morgan fingerprint density at radius 2 is 2.10 bits per heavy atom. The van der Waals surface area contributed by atoms with Crippen LogP contribution in [0, 0.1) is 3.80 Å². The second-order valence-electron chi connectivity index (χ2n) is 1.95. The molecule has 0 N–H and O–H groups in total. The van der Waals surface area contributed by atoms with Crippen LogP contribution in [-0.4, -0.2) is 21.5 Å². The average molecular weight is 311 g/mol. The van der Waals surface area contributed by atoms with Crippen molar-refractivity contribution in [3.05, 3.63) is 3.80 Å². The van der Waals surface area contributed by atoms with Crippen molar-refractivity contribution in [2.45, 2.75) is 0 Å². The summed E-state index contributed by atoms with van der Waals surface area (Å²) in [5.41, 5.74) is 0. The molecular formula is C5H9N3OW. The van der Waals surface area contributed by atoms with Crippen LogP contribution in [0.1, 0.15) is 0 Å². The molecule has 4 nitrogen and oxygen atoms in total. The first-order chi connectivity index (χ1) is 4.66. The first-order valence-corrected chi connectivity index (χ1v) is 4.27. The Morgan fingerprint density at radius 3 is 2.30 bits per heavy atom. The van der Waals surface area contributed by atoms with E-state index in [1.807, 2.05) is 23.3 Å². The van der Waals surface area contributed by atoms with Crippen LogP contribution in [0.3, 0.4) is 0 Å². The molecule has 0 fully saturated rings. The van der Waals surface area contributed by atoms with E-state index >= 15 is 0 Å². The third-order valence-corrected chi connectivity index (χ3v) is 3.20. The van der Waals surface area contributed by atoms with Crippen LogP contribution in [-0.2, 0) is 33.4 Å². The molecule has 0 aliphatic heterocycles. The Balaban J connectivity index is 3.31. The van der Waals surface area contributed by atoms with Crippen molar-refractivity contribution in [2.75, 3.05) is 7.11 Å². The van der Waals surface area contributed by atoms with E-state index in [9.17, 15) is 0 Å². The summed E-state index contributed by atoms with van der Waals surface area (Å²) in [7, 11) is 5.47. The molecule has 0 unspecified atom stereocenters. The maximum atomic E-state index is 4.99. The Bertz CT molecular complexity index is 288. The van der Waals surface area contributed by atoms with Crippen LogP contribution in [0.5, 0.6) is 6.01 Å². The Kier molecular flexibility index (Phi) is 2.09. The van der Waals surface area contributed by atoms with E-state index in [0.29, 0.717) is 6.01 Å². The van der Waals surface area contributed by atoms with E-state index in [1.165, 1.54) is 19.4 Å². The summed E-state index contributed by atoms with van der Waals surface area (Å²) in [6.45, 7) is 0. The second-order valence-corrected chi connectivity index (χ2v) is 3.26. The van der Waals surface area contributed by atoms with E-state index in [0.717, 1.165) is 3.80 Å². The van der Waals surface area contributed by atoms with Gasteiger partial charge in [0.15, 0.2) is 0 Å². The molecule has 5 heteroatoms. The second kappa shape index (κ2) is 2.70. The zero-order chi connectivity index (χ0) is 7.72. The quantitative estimate of drug-likeness (QED) is 0.722. The average Bonchev–Trinajstić information content (AvgIpc) is 2.17. The van der Waals surface area contributed by atoms with E-state index in [1.54, 1.807) is 7.11 Å². The first kappa shape index (κ1) is 7.73. The number of ether oxygens (including phenoxy) is 1. The Hall–Kier alpha value is -0.372. The van der Waals surface area contributed by atoms with Gasteiger partial charge in [0.05, 0.1) is 0 Å². The summed E-state index contributed by atoms with van der Waals surface area (Å²) in [5.74, 6) is 0. The molecule has 0 amide bonds. The molecule has 0 aliphatic rings. The molecule has 1 aromatic heterocycles. The summed E-state index contributed by atoms with van der Waals surface area (Å²) < 4.78 is 9.88. The van der Waals surface area contributed by atoms with Gasteiger partial charge in [0.2, 0.25) is 0 Å². The van der Waals surface area contributed by atoms with Crippen LogP contribution in [0.4, 0.5) is 0 Å². The van der Waals surface area contributed by atoms with Crippen LogP contribution in [0.2, 0.25) is 0 Å². The predicted molar refractivity (Wildman–Crippen MR) is 32.0 cm³/mol. The minimum atomic E-state index is 0.660. The van der Waals surface area contributed by atoms with Crippen molar-refractivity contribution in [1.82, 2.24) is 14.3 Å². The van der Waals surface area contributed by atoms with Crippen LogP contribution in [0.25, 0.3) is 0 Å². The molecule has 56 valence electrons. The minimum absolute atomic E-state index is 0.660. The number of aromatic nitrogens is 3. The summed E-state index contributed by atoms with van der Waals surface area (Å²) in [6, 6.07) is 0.660. The zero-order valence-corrected chi connectivity index (χ0v) is 9.09. The molecule has 0 atom stereocenters. The van der Waals surface area contributed by atoms with Gasteiger partial charge in [0.1, 0.15) is 0 Å². The van der Waals surface area contributed by atoms with Gasteiger partial charge in [-0.3, -0.25) is 0 Å². The molecule has 1 heterocycles. The topological polar surface area (TPSA) is 32.0 Å². The first-order valence-electron chi connectivity index (χ1n) is 2.81. The third kappa shape index (κ3) is 1.08. The molecule has 0 saturated carbocycles. The van der Waals surface area contributed by atoms with E-state index < -0.39 is 0 Å². The van der Waals surface area contributed by atoms with Gasteiger partial charge >= 0.3 is 69.5 Å². The van der Waals surface area contributed by atoms with Crippen molar-refractivity contribution in [1.29, 1.82) is 0 Å². The standard InChI is InChI=1S/C5H9N3O.W/c1-7-4-8(2)6-5(7)9-3;/h1-3H3;. The fraction of sp³-hybridized carbons (Fsp3) is 0.600. The van der Waals surface area contributed by atoms with Crippen LogP contribution < -0.4 is 4.74 Å². The van der Waals surface area contributed by atoms with Crippen LogP contribution >= 0.6 is 0 Å². The SMILES string of the molecule is COc1nn(C)[c](=[W])n1C. The molecule has 1 rings (SSSR count). The van der Waals surface area contributed by atoms with Crippen molar-refractivity contribution in [3.63, 3.8) is 0 Å². The third-order valence-electron chi connectivity index (χ3n) is 1.27. The van der Waals surface area contributed by atoms with Crippen LogP contribution in [0.15, 0.2) is 0 Å². The number of aryl methyl sites for hydroxylation is 1. The van der Waals surface area contributed by atoms with Gasteiger partial charge in [0, 0.05) is 0 Å². The van der Waals surface area contributed by atoms with Crippen molar-refractivity contribution >= 4 is 0 Å². The molecule has 10 heavy (non-hydrogen) atoms. The van der Waals surface area contributed by atoms with Gasteiger partial charge in [-0.1, -0.05) is 0 Å². The monoisotopic (exact) mass is 311 g/mol. The number of rotatable bonds is 1. The summed E-state index contributed by atoms with van der Waals surface area (Å²) in [5, 5.41) is 4.11. The molecule has 0 aromatic carbocycles. The van der Waals surface area contributed by atoms with Gasteiger partial charge < -0.3 is 0 Å². The number of hydrogen-bond donors (Lipinski definition) is 0. The molecule has 0 spiro atoms. The van der Waals surface area contributed by atoms with Gasteiger partial charge in [-0.25, -0.2) is 0 Å². The molecule has 1 aromatic rings. The van der Waals surface area contributed by atoms with E-state index in [2.05, 4.69) is 5.10 Å². The zero-order valence-electron chi connectivity index (χ0n) is 6.16. The molecule has 0 bridgehead atoms. The number of hydrogen-bond acceptors (Lipinski definition) is 2. The fourth-order valence-corrected chi connectivity index (χ4v) is 1.14. The molecular weight excluding hydrogens is 302 g/mol. The predicted octanol–water partition coefficient (Wildman–Crippen LogP) is -0.154.